The maximum Gasteiger partial charge on any atom is 0.415 e. The summed E-state index contributed by atoms with van der Waals surface area (Å²) in [5.41, 5.74) is 5.37. The minimum Gasteiger partial charge on any atom is -0.480 e. The Morgan fingerprint density at radius 1 is 1.36 bits per heavy atom. The van der Waals surface area contributed by atoms with Crippen LogP contribution >= 0.6 is 0 Å². The number of benzene rings is 1. The van der Waals surface area contributed by atoms with E-state index in [-0.39, 0.29) is 5.84 Å². The maximum atomic E-state index is 12.3. The van der Waals surface area contributed by atoms with E-state index in [4.69, 9.17) is 15.9 Å². The van der Waals surface area contributed by atoms with Gasteiger partial charge in [0.25, 0.3) is 0 Å². The molecule has 0 spiro atoms. The second-order valence-electron chi connectivity index (χ2n) is 5.83. The van der Waals surface area contributed by atoms with Crippen LogP contribution in [-0.2, 0) is 9.53 Å². The number of carboxylic acid groups (broad SMARTS) is 1. The van der Waals surface area contributed by atoms with Gasteiger partial charge in [0.1, 0.15) is 17.5 Å². The Labute approximate surface area is 129 Å². The van der Waals surface area contributed by atoms with Gasteiger partial charge in [0.15, 0.2) is 0 Å². The van der Waals surface area contributed by atoms with Crippen LogP contribution in [0.3, 0.4) is 0 Å². The molecule has 1 aromatic carbocycles. The molecular formula is C15H21N3O4. The molecule has 1 atom stereocenters. The monoisotopic (exact) mass is 307 g/mol. The number of aliphatic carboxylic acids is 1. The number of nitrogens with one attached hydrogen (secondary N) is 1. The molecule has 7 nitrogen and oxygen atoms in total. The second kappa shape index (κ2) is 6.46. The third kappa shape index (κ3) is 4.47. The fraction of sp³-hybridized carbons (Fsp3) is 0.400. The van der Waals surface area contributed by atoms with E-state index in [9.17, 15) is 14.7 Å². The van der Waals surface area contributed by atoms with Crippen LogP contribution in [0.1, 0.15) is 33.3 Å². The highest BCUT2D eigenvalue weighted by Gasteiger charge is 2.31. The first-order valence-electron chi connectivity index (χ1n) is 6.72. The molecular weight excluding hydrogens is 286 g/mol. The molecule has 0 saturated carbocycles. The summed E-state index contributed by atoms with van der Waals surface area (Å²) in [5, 5.41) is 16.7. The van der Waals surface area contributed by atoms with Crippen LogP contribution in [0.2, 0.25) is 0 Å². The SMILES string of the molecule is C[C@@H](C(=O)O)N(C(=O)OC(C)(C)C)c1cccc(C(=N)N)c1. The summed E-state index contributed by atoms with van der Waals surface area (Å²) in [7, 11) is 0. The normalized spacial score (nSPS) is 12.4. The Bertz CT molecular complexity index is 593. The zero-order valence-corrected chi connectivity index (χ0v) is 13.1. The Morgan fingerprint density at radius 3 is 2.41 bits per heavy atom. The van der Waals surface area contributed by atoms with E-state index >= 15 is 0 Å². The highest BCUT2D eigenvalue weighted by molar-refractivity contribution is 5.99. The minimum absolute atomic E-state index is 0.172. The van der Waals surface area contributed by atoms with E-state index in [1.54, 1.807) is 39.0 Å². The van der Waals surface area contributed by atoms with Crippen LogP contribution in [0, 0.1) is 5.41 Å². The number of rotatable bonds is 4. The van der Waals surface area contributed by atoms with Crippen LogP contribution in [-0.4, -0.2) is 34.6 Å². The highest BCUT2D eigenvalue weighted by Crippen LogP contribution is 2.22. The number of hydrogen-bond donors (Lipinski definition) is 3. The standard InChI is InChI=1S/C15H21N3O4/c1-9(13(19)20)18(14(21)22-15(2,3)4)11-7-5-6-10(8-11)12(16)17/h5-9H,1-4H3,(H3,16,17)(H,19,20)/t9-/m0/s1. The number of hydrogen-bond acceptors (Lipinski definition) is 4. The summed E-state index contributed by atoms with van der Waals surface area (Å²) in [6.45, 7) is 6.47. The molecule has 22 heavy (non-hydrogen) atoms. The molecule has 120 valence electrons. The zero-order chi connectivity index (χ0) is 17.1. The topological polar surface area (TPSA) is 117 Å². The highest BCUT2D eigenvalue weighted by atomic mass is 16.6. The van der Waals surface area contributed by atoms with Gasteiger partial charge in [-0.05, 0) is 39.8 Å². The number of carbonyl (C=O) groups is 2. The third-order valence-electron chi connectivity index (χ3n) is 2.77. The van der Waals surface area contributed by atoms with Gasteiger partial charge >= 0.3 is 12.1 Å². The summed E-state index contributed by atoms with van der Waals surface area (Å²) < 4.78 is 5.26. The average Bonchev–Trinajstić information content (AvgIpc) is 2.36. The lowest BCUT2D eigenvalue weighted by atomic mass is 10.1. The van der Waals surface area contributed by atoms with Gasteiger partial charge in [0.2, 0.25) is 0 Å². The lowest BCUT2D eigenvalue weighted by Crippen LogP contribution is -2.46. The number of anilines is 1. The second-order valence-corrected chi connectivity index (χ2v) is 5.83. The number of nitrogens with two attached hydrogens (primary N) is 1. The molecule has 0 aromatic heterocycles. The predicted molar refractivity (Wildman–Crippen MR) is 83.3 cm³/mol. The summed E-state index contributed by atoms with van der Waals surface area (Å²) >= 11 is 0. The van der Waals surface area contributed by atoms with E-state index in [0.717, 1.165) is 4.90 Å². The van der Waals surface area contributed by atoms with Gasteiger partial charge in [-0.15, -0.1) is 0 Å². The van der Waals surface area contributed by atoms with Gasteiger partial charge < -0.3 is 15.6 Å². The number of nitrogens with zero attached hydrogens (tertiary/aromatic N) is 1. The Morgan fingerprint density at radius 2 is 1.95 bits per heavy atom. The molecule has 0 bridgehead atoms. The van der Waals surface area contributed by atoms with Gasteiger partial charge in [-0.25, -0.2) is 9.59 Å². The van der Waals surface area contributed by atoms with Gasteiger partial charge in [0.05, 0.1) is 0 Å². The number of ether oxygens (including phenoxy) is 1. The van der Waals surface area contributed by atoms with Crippen LogP contribution in [0.5, 0.6) is 0 Å². The lowest BCUT2D eigenvalue weighted by molar-refractivity contribution is -0.138. The summed E-state index contributed by atoms with van der Waals surface area (Å²) in [6.07, 6.45) is -0.775. The van der Waals surface area contributed by atoms with Gasteiger partial charge in [-0.1, -0.05) is 12.1 Å². The van der Waals surface area contributed by atoms with Crippen molar-refractivity contribution < 1.29 is 19.4 Å². The largest absolute Gasteiger partial charge is 0.480 e. The maximum absolute atomic E-state index is 12.3. The fourth-order valence-corrected chi connectivity index (χ4v) is 1.73. The lowest BCUT2D eigenvalue weighted by Gasteiger charge is -2.30. The average molecular weight is 307 g/mol. The Balaban J connectivity index is 3.26. The molecule has 7 heteroatoms. The molecule has 1 aromatic rings. The molecule has 0 aliphatic rings. The first kappa shape index (κ1) is 17.5. The quantitative estimate of drug-likeness (QED) is 0.582. The molecule has 0 radical (unpaired) electrons. The molecule has 0 fully saturated rings. The van der Waals surface area contributed by atoms with Crippen LogP contribution < -0.4 is 10.6 Å². The Kier molecular flexibility index (Phi) is 5.14. The molecule has 0 saturated heterocycles. The molecule has 0 aliphatic carbocycles. The van der Waals surface area contributed by atoms with E-state index < -0.39 is 23.7 Å². The van der Waals surface area contributed by atoms with Crippen molar-refractivity contribution >= 4 is 23.6 Å². The van der Waals surface area contributed by atoms with Crippen molar-refractivity contribution in [2.24, 2.45) is 5.73 Å². The number of nitrogen functional groups attached to an aromatic ring is 1. The summed E-state index contributed by atoms with van der Waals surface area (Å²) in [5.74, 6) is -1.34. The zero-order valence-electron chi connectivity index (χ0n) is 13.1. The molecule has 1 rings (SSSR count). The van der Waals surface area contributed by atoms with Crippen molar-refractivity contribution in [2.75, 3.05) is 4.90 Å². The van der Waals surface area contributed by atoms with Gasteiger partial charge in [-0.2, -0.15) is 0 Å². The summed E-state index contributed by atoms with van der Waals surface area (Å²) in [6, 6.07) is 5.11. The molecule has 0 unspecified atom stereocenters. The van der Waals surface area contributed by atoms with Gasteiger partial charge in [-0.3, -0.25) is 10.3 Å². The molecule has 4 N–H and O–H groups in total. The van der Waals surface area contributed by atoms with Crippen molar-refractivity contribution in [3.63, 3.8) is 0 Å². The molecule has 0 aliphatic heterocycles. The van der Waals surface area contributed by atoms with E-state index in [1.807, 2.05) is 0 Å². The molecule has 0 heterocycles. The predicted octanol–water partition coefficient (Wildman–Crippen LogP) is 2.19. The fourth-order valence-electron chi connectivity index (χ4n) is 1.73. The number of amides is 1. The number of carboxylic acids is 1. The summed E-state index contributed by atoms with van der Waals surface area (Å²) in [4.78, 5) is 24.7. The van der Waals surface area contributed by atoms with Crippen molar-refractivity contribution in [2.45, 2.75) is 39.3 Å². The first-order chi connectivity index (χ1) is 10.0. The van der Waals surface area contributed by atoms with Crippen molar-refractivity contribution in [1.82, 2.24) is 0 Å². The molecule has 1 amide bonds. The van der Waals surface area contributed by atoms with Gasteiger partial charge in [0, 0.05) is 11.3 Å². The minimum atomic E-state index is -1.17. The van der Waals surface area contributed by atoms with Crippen LogP contribution in [0.25, 0.3) is 0 Å². The first-order valence-corrected chi connectivity index (χ1v) is 6.72. The smallest absolute Gasteiger partial charge is 0.415 e. The van der Waals surface area contributed by atoms with E-state index in [2.05, 4.69) is 0 Å². The van der Waals surface area contributed by atoms with Crippen LogP contribution in [0.4, 0.5) is 10.5 Å². The van der Waals surface area contributed by atoms with Crippen molar-refractivity contribution in [1.29, 1.82) is 5.41 Å². The number of amidine groups is 1. The van der Waals surface area contributed by atoms with Crippen LogP contribution in [0.15, 0.2) is 24.3 Å². The van der Waals surface area contributed by atoms with E-state index in [1.165, 1.54) is 13.0 Å². The number of carbonyl (C=O) groups excluding carboxylic acids is 1. The van der Waals surface area contributed by atoms with E-state index in [0.29, 0.717) is 11.3 Å². The van der Waals surface area contributed by atoms with Crippen molar-refractivity contribution in [3.05, 3.63) is 29.8 Å². The third-order valence-corrected chi connectivity index (χ3v) is 2.77. The van der Waals surface area contributed by atoms with Crippen molar-refractivity contribution in [3.8, 4) is 0 Å². The Hall–Kier alpha value is -2.57.